The summed E-state index contributed by atoms with van der Waals surface area (Å²) in [5.41, 5.74) is 24.3. The summed E-state index contributed by atoms with van der Waals surface area (Å²) in [5, 5.41) is 16.3. The smallest absolute Gasteiger partial charge is 0.512 e. The molecule has 0 spiro atoms. The van der Waals surface area contributed by atoms with E-state index < -0.39 is 35.3 Å². The van der Waals surface area contributed by atoms with Crippen molar-refractivity contribution in [3.63, 3.8) is 0 Å². The van der Waals surface area contributed by atoms with Gasteiger partial charge in [-0.2, -0.15) is 8.97 Å². The predicted molar refractivity (Wildman–Crippen MR) is 506 cm³/mol. The molecule has 1 aliphatic carbocycles. The van der Waals surface area contributed by atoms with E-state index in [9.17, 15) is 6.17 Å². The molecule has 4 aliphatic heterocycles. The standard InChI is InChI=1S/C49H33N3.C25H21N2.C19H16N.C17H11N2.C5H8O2.Ir.Pt/c1-48(36-16-5-2-6-17-36)39-28-26-34(43-24-11-13-30-50-43)32-45(39)52-46-33-35(44-25-12-14-31-51-44)27-29-40(46)49(37-18-7-3-8-19-37,38-20-9-4-10-21-38)42-23-15-22-41(48)47(42)52;1-15-10-11-21-20(12-15)19-9-5-8-18-13-26-14-22(27(21)25(26)24(18)19)23-16(2)6-4-7-17(23)3;1-19(2)14-7-3-5-12-9-10-20-11-13-6-4-8-15(19)17(13)18(20)16(12)14;1-11-10-18-16-14-8-4-2-6-12(14)13-7-3-5-9-15(13)17(16)19-11;1-4(6)3-5(2)7;;/h2-31H,1H3;4-12,14H,13H2,1-3H3;3-10H,11H2,1-2H3;2-7,9-10H,1H3;3,6H,1-2H3;;/q-2;2*+1;-1;;;+2/i;2D3,4D,5D,6D,7D,8D,9D,10D,11D,12D,14D;;;;;. The quantitative estimate of drug-likeness (QED) is 0.0557. The second-order valence-corrected chi connectivity index (χ2v) is 33.1. The SMILES string of the molecule is CC(=O)C=C(C)O.CC1(C)c2cccc3c2-c2c4c1cccc4cc[n+]2C3.CC1(c2ccccc2)c2ccc(-c3ccccn3)[c-]c2N2c3[c-]c(-c4ccccn4)ccc3C(c3ccccc3)(c3ccccc3)c3cccc1c32.Cc1cnc2c3[c-]cccc3c3ccccc3c2n1.[2H]c1c([2H])c(C)c(-c2c([2H])n3c4c5c(c([2H])c([2H])c([2H])c5c5c([2H])c(C)c([2H])c([2H])c5[n+]24)C3)c(C([2H])([2H])[2H])c1[2H].[Ir].[Pt+2]. The molecule has 5 aliphatic rings. The number of fused-ring (bicyclic) bond motifs is 13. The van der Waals surface area contributed by atoms with Gasteiger partial charge in [0.2, 0.25) is 5.69 Å². The first-order chi connectivity index (χ1) is 66.4. The Labute approximate surface area is 785 Å². The molecular weight excluding hydrogens is 1910 g/mol. The third-order valence-corrected chi connectivity index (χ3v) is 25.2. The minimum atomic E-state index is -2.91. The zero-order chi connectivity index (χ0) is 96.4. The molecule has 127 heavy (non-hydrogen) atoms. The number of aliphatic hydroxyl groups is 1. The van der Waals surface area contributed by atoms with Crippen LogP contribution in [0.2, 0.25) is 0 Å². The summed E-state index contributed by atoms with van der Waals surface area (Å²) in [7, 11) is 0. The monoisotopic (exact) mass is 2010 g/mol. The van der Waals surface area contributed by atoms with Crippen LogP contribution in [0.5, 0.6) is 0 Å². The van der Waals surface area contributed by atoms with Gasteiger partial charge in [-0.25, -0.2) is 4.57 Å². The summed E-state index contributed by atoms with van der Waals surface area (Å²) < 4.78 is 116. The Bertz CT molecular complexity index is 8530. The van der Waals surface area contributed by atoms with Crippen molar-refractivity contribution in [2.24, 2.45) is 0 Å². The number of ketones is 1. The van der Waals surface area contributed by atoms with Crippen LogP contribution in [-0.4, -0.2) is 35.4 Å². The van der Waals surface area contributed by atoms with Gasteiger partial charge in [-0.1, -0.05) is 285 Å². The summed E-state index contributed by atoms with van der Waals surface area (Å²) in [5.74, 6) is -0.0625. The van der Waals surface area contributed by atoms with Crippen LogP contribution in [0.15, 0.2) is 352 Å². The van der Waals surface area contributed by atoms with E-state index >= 15 is 0 Å². The van der Waals surface area contributed by atoms with Crippen LogP contribution in [-0.2, 0) is 75.3 Å². The van der Waals surface area contributed by atoms with Crippen molar-refractivity contribution in [3.05, 3.63) is 454 Å². The van der Waals surface area contributed by atoms with Gasteiger partial charge in [0.1, 0.15) is 19.6 Å². The van der Waals surface area contributed by atoms with Gasteiger partial charge in [-0.05, 0) is 149 Å². The Balaban J connectivity index is 0.000000124. The number of aromatic nitrogens is 7. The number of para-hydroxylation sites is 1. The molecule has 0 saturated carbocycles. The Hall–Kier alpha value is -13.8. The van der Waals surface area contributed by atoms with E-state index in [0.717, 1.165) is 79.2 Å². The predicted octanol–water partition coefficient (Wildman–Crippen LogP) is 25.6. The molecule has 6 aromatic heterocycles. The molecule has 1 atom stereocenters. The van der Waals surface area contributed by atoms with Gasteiger partial charge >= 0.3 is 21.1 Å². The Kier molecular flexibility index (Phi) is 17.8. The number of aryl methyl sites for hydroxylation is 1. The fraction of sp³-hybridized carbons (Fsp3) is 0.122. The Morgan fingerprint density at radius 3 is 1.86 bits per heavy atom. The van der Waals surface area contributed by atoms with E-state index in [0.29, 0.717) is 10.9 Å². The largest absolute Gasteiger partial charge is 2.00 e. The maximum Gasteiger partial charge on any atom is 2.00 e. The third kappa shape index (κ3) is 13.5. The van der Waals surface area contributed by atoms with E-state index in [2.05, 4.69) is 277 Å². The summed E-state index contributed by atoms with van der Waals surface area (Å²) in [6, 6.07) is 98.9. The van der Waals surface area contributed by atoms with E-state index in [4.69, 9.17) is 31.5 Å². The molecular formula is C115H89IrN8O2Pt+. The number of pyridine rings is 4. The fourth-order valence-corrected chi connectivity index (χ4v) is 19.8. The molecule has 619 valence electrons. The molecule has 14 aromatic carbocycles. The number of allylic oxidation sites excluding steroid dienone is 2. The van der Waals surface area contributed by atoms with Gasteiger partial charge in [0.25, 0.3) is 5.65 Å². The maximum absolute atomic E-state index is 10.0. The van der Waals surface area contributed by atoms with Gasteiger partial charge in [-0.15, -0.1) is 77.2 Å². The zero-order valence-electron chi connectivity index (χ0n) is 83.6. The first-order valence-electron chi connectivity index (χ1n) is 48.4. The van der Waals surface area contributed by atoms with Gasteiger partial charge in [0, 0.05) is 104 Å². The summed E-state index contributed by atoms with van der Waals surface area (Å²) in [4.78, 5) is 31.2. The molecule has 10 nitrogen and oxygen atoms in total. The number of carbonyl (C=O) groups excluding carboxylic acids is 1. The average Bonchev–Trinajstić information content (AvgIpc) is 1.27. The Morgan fingerprint density at radius 1 is 0.551 bits per heavy atom. The van der Waals surface area contributed by atoms with Crippen molar-refractivity contribution in [1.82, 2.24) is 24.5 Å². The summed E-state index contributed by atoms with van der Waals surface area (Å²) >= 11 is 0. The van der Waals surface area contributed by atoms with Crippen molar-refractivity contribution in [2.75, 3.05) is 4.90 Å². The summed E-state index contributed by atoms with van der Waals surface area (Å²) in [6.07, 6.45) is 8.66. The van der Waals surface area contributed by atoms with Crippen LogP contribution in [0.1, 0.15) is 136 Å². The van der Waals surface area contributed by atoms with Crippen molar-refractivity contribution in [2.45, 2.75) is 91.6 Å². The first kappa shape index (κ1) is 68.5. The third-order valence-electron chi connectivity index (χ3n) is 25.2. The first-order valence-corrected chi connectivity index (χ1v) is 41.9. The molecule has 0 saturated heterocycles. The number of hydrogen-bond donors (Lipinski definition) is 1. The van der Waals surface area contributed by atoms with E-state index in [1.807, 2.05) is 68.0 Å². The van der Waals surface area contributed by atoms with Crippen LogP contribution in [0.3, 0.4) is 0 Å². The topological polar surface area (TPSA) is 105 Å². The molecule has 1 N–H and O–H groups in total. The molecule has 25 rings (SSSR count). The van der Waals surface area contributed by atoms with Crippen molar-refractivity contribution < 1.29 is 77.9 Å². The fourth-order valence-electron chi connectivity index (χ4n) is 19.8. The second kappa shape index (κ2) is 33.0. The molecule has 1 radical (unpaired) electrons. The molecule has 10 heterocycles. The van der Waals surface area contributed by atoms with Gasteiger partial charge in [0.15, 0.2) is 24.2 Å². The van der Waals surface area contributed by atoms with Crippen LogP contribution in [0.4, 0.5) is 17.1 Å². The number of anilines is 3. The number of nitrogens with zero attached hydrogens (tertiary/aromatic N) is 8. The van der Waals surface area contributed by atoms with Crippen molar-refractivity contribution in [3.8, 4) is 45.0 Å². The number of benzene rings is 14. The molecule has 0 amide bonds. The van der Waals surface area contributed by atoms with Gasteiger partial charge in [-0.3, -0.25) is 9.78 Å². The van der Waals surface area contributed by atoms with Gasteiger partial charge < -0.3 is 25.0 Å². The molecule has 12 heteroatoms. The number of imidazole rings is 1. The molecule has 0 bridgehead atoms. The van der Waals surface area contributed by atoms with Crippen LogP contribution in [0, 0.1) is 45.8 Å². The Morgan fingerprint density at radius 2 is 1.17 bits per heavy atom. The number of hydrogen-bond acceptors (Lipinski definition) is 7. The molecule has 0 fully saturated rings. The second-order valence-electron chi connectivity index (χ2n) is 33.1. The van der Waals surface area contributed by atoms with Crippen LogP contribution < -0.4 is 13.9 Å². The van der Waals surface area contributed by atoms with E-state index in [1.54, 1.807) is 0 Å². The number of aliphatic hydroxyl groups excluding tert-OH is 1. The van der Waals surface area contributed by atoms with Gasteiger partial charge in [0.05, 0.1) is 51.3 Å². The zero-order valence-corrected chi connectivity index (χ0v) is 75.3. The minimum Gasteiger partial charge on any atom is -0.512 e. The van der Waals surface area contributed by atoms with E-state index in [1.165, 1.54) is 126 Å². The van der Waals surface area contributed by atoms with Crippen molar-refractivity contribution >= 4 is 93.5 Å². The average molecular weight is 2020 g/mol. The van der Waals surface area contributed by atoms with Crippen LogP contribution >= 0.6 is 0 Å². The van der Waals surface area contributed by atoms with Crippen LogP contribution in [0.25, 0.3) is 116 Å². The minimum absolute atomic E-state index is 0. The maximum atomic E-state index is 10.0. The molecule has 20 aromatic rings. The van der Waals surface area contributed by atoms with Crippen molar-refractivity contribution in [1.29, 1.82) is 0 Å². The van der Waals surface area contributed by atoms with E-state index in [-0.39, 0.29) is 157 Å². The number of carbonyl (C=O) groups is 1. The summed E-state index contributed by atoms with van der Waals surface area (Å²) in [6.45, 7) is 12.9. The number of rotatable bonds is 7. The normalized spacial score (nSPS) is 16.0. The molecule has 1 unspecified atom stereocenters.